The molecule has 0 unspecified atom stereocenters. The molecule has 2 aromatic rings. The molecule has 20 heavy (non-hydrogen) atoms. The fourth-order valence-electron chi connectivity index (χ4n) is 2.09. The van der Waals surface area contributed by atoms with E-state index in [4.69, 9.17) is 16.3 Å². The molecule has 2 rings (SSSR count). The molecule has 0 amide bonds. The third-order valence-corrected chi connectivity index (χ3v) is 4.20. The predicted octanol–water partition coefficient (Wildman–Crippen LogP) is 4.85. The minimum absolute atomic E-state index is 0.396. The molecule has 108 valence electrons. The maximum atomic E-state index is 6.22. The molecule has 0 aliphatic rings. The average molecular weight is 358 g/mol. The Labute approximate surface area is 133 Å². The lowest BCUT2D eigenvalue weighted by Crippen LogP contribution is -2.01. The van der Waals surface area contributed by atoms with Crippen LogP contribution < -0.4 is 4.74 Å². The van der Waals surface area contributed by atoms with Crippen molar-refractivity contribution in [1.82, 2.24) is 9.78 Å². The number of hydrogen-bond acceptors (Lipinski definition) is 2. The van der Waals surface area contributed by atoms with E-state index in [-0.39, 0.29) is 0 Å². The number of rotatable bonds is 4. The van der Waals surface area contributed by atoms with Gasteiger partial charge in [-0.05, 0) is 36.6 Å². The fourth-order valence-corrected chi connectivity index (χ4v) is 2.70. The van der Waals surface area contributed by atoms with Crippen molar-refractivity contribution in [2.75, 3.05) is 0 Å². The molecule has 0 saturated heterocycles. The molecule has 0 saturated carbocycles. The number of ether oxygens (including phenoxy) is 1. The Hall–Kier alpha value is -1.000. The van der Waals surface area contributed by atoms with Crippen molar-refractivity contribution in [1.29, 1.82) is 0 Å². The monoisotopic (exact) mass is 356 g/mol. The molecular weight excluding hydrogens is 340 g/mol. The molecule has 0 atom stereocenters. The topological polar surface area (TPSA) is 27.1 Å². The van der Waals surface area contributed by atoms with Crippen molar-refractivity contribution in [2.45, 2.75) is 33.3 Å². The molecule has 0 aliphatic heterocycles. The summed E-state index contributed by atoms with van der Waals surface area (Å²) in [5, 5.41) is 4.92. The summed E-state index contributed by atoms with van der Waals surface area (Å²) in [5.74, 6) is 1.29. The Morgan fingerprint density at radius 2 is 2.10 bits per heavy atom. The van der Waals surface area contributed by atoms with Gasteiger partial charge < -0.3 is 4.74 Å². The molecule has 0 fully saturated rings. The first kappa shape index (κ1) is 15.4. The number of halogens is 2. The zero-order valence-electron chi connectivity index (χ0n) is 12.1. The highest BCUT2D eigenvalue weighted by atomic mass is 79.9. The van der Waals surface area contributed by atoms with E-state index in [1.54, 1.807) is 4.68 Å². The number of aryl methyl sites for hydroxylation is 2. The van der Waals surface area contributed by atoms with Crippen molar-refractivity contribution >= 4 is 27.5 Å². The van der Waals surface area contributed by atoms with E-state index in [1.807, 2.05) is 26.1 Å². The van der Waals surface area contributed by atoms with Gasteiger partial charge in [0.25, 0.3) is 0 Å². The van der Waals surface area contributed by atoms with Gasteiger partial charge in [0.1, 0.15) is 17.5 Å². The lowest BCUT2D eigenvalue weighted by atomic mass is 10.0. The lowest BCUT2D eigenvalue weighted by Gasteiger charge is -2.14. The van der Waals surface area contributed by atoms with Gasteiger partial charge in [-0.3, -0.25) is 4.68 Å². The van der Waals surface area contributed by atoms with Crippen LogP contribution in [-0.2, 0) is 13.7 Å². The minimum atomic E-state index is 0.396. The van der Waals surface area contributed by atoms with Crippen LogP contribution >= 0.6 is 27.5 Å². The first-order valence-electron chi connectivity index (χ1n) is 6.50. The Morgan fingerprint density at radius 3 is 2.65 bits per heavy atom. The molecule has 1 aromatic heterocycles. The summed E-state index contributed by atoms with van der Waals surface area (Å²) in [6.45, 7) is 6.67. The van der Waals surface area contributed by atoms with Gasteiger partial charge >= 0.3 is 0 Å². The highest BCUT2D eigenvalue weighted by molar-refractivity contribution is 9.10. The summed E-state index contributed by atoms with van der Waals surface area (Å²) in [5.41, 5.74) is 3.02. The van der Waals surface area contributed by atoms with E-state index >= 15 is 0 Å². The second-order valence-corrected chi connectivity index (χ2v) is 6.38. The van der Waals surface area contributed by atoms with E-state index in [0.29, 0.717) is 17.7 Å². The Bertz CT molecular complexity index is 623. The van der Waals surface area contributed by atoms with Gasteiger partial charge in [-0.15, -0.1) is 0 Å². The quantitative estimate of drug-likeness (QED) is 0.782. The number of hydrogen-bond donors (Lipinski definition) is 0. The fraction of sp³-hybridized carbons (Fsp3) is 0.400. The van der Waals surface area contributed by atoms with Gasteiger partial charge in [-0.25, -0.2) is 0 Å². The standard InChI is InChI=1S/C15H18BrClN2O/c1-9(2)12-7-11(16)5-6-14(12)20-8-13-10(3)18-19(4)15(13)17/h5-7,9H,8H2,1-4H3. The molecule has 0 aliphatic carbocycles. The number of benzene rings is 1. The Kier molecular flexibility index (Phi) is 4.76. The zero-order chi connectivity index (χ0) is 14.9. The normalized spacial score (nSPS) is 11.2. The summed E-state index contributed by atoms with van der Waals surface area (Å²) in [6.07, 6.45) is 0. The second kappa shape index (κ2) is 6.19. The largest absolute Gasteiger partial charge is 0.488 e. The number of nitrogens with zero attached hydrogens (tertiary/aromatic N) is 2. The molecule has 5 heteroatoms. The summed E-state index contributed by atoms with van der Waals surface area (Å²) < 4.78 is 8.68. The predicted molar refractivity (Wildman–Crippen MR) is 85.5 cm³/mol. The summed E-state index contributed by atoms with van der Waals surface area (Å²) in [6, 6.07) is 6.07. The van der Waals surface area contributed by atoms with E-state index < -0.39 is 0 Å². The molecule has 3 nitrogen and oxygen atoms in total. The third kappa shape index (κ3) is 3.18. The number of aromatic nitrogens is 2. The van der Waals surface area contributed by atoms with Crippen LogP contribution in [0.3, 0.4) is 0 Å². The van der Waals surface area contributed by atoms with Crippen LogP contribution in [0.15, 0.2) is 22.7 Å². The smallest absolute Gasteiger partial charge is 0.133 e. The molecule has 1 aromatic carbocycles. The molecule has 0 N–H and O–H groups in total. The van der Waals surface area contributed by atoms with E-state index in [9.17, 15) is 0 Å². The van der Waals surface area contributed by atoms with Crippen LogP contribution in [0.4, 0.5) is 0 Å². The van der Waals surface area contributed by atoms with Crippen LogP contribution in [0.25, 0.3) is 0 Å². The molecule has 1 heterocycles. The third-order valence-electron chi connectivity index (χ3n) is 3.24. The maximum absolute atomic E-state index is 6.22. The van der Waals surface area contributed by atoms with Crippen molar-refractivity contribution in [3.8, 4) is 5.75 Å². The SMILES string of the molecule is Cc1nn(C)c(Cl)c1COc1ccc(Br)cc1C(C)C. The van der Waals surface area contributed by atoms with Crippen molar-refractivity contribution < 1.29 is 4.74 Å². The first-order chi connectivity index (χ1) is 9.40. The molecular formula is C15H18BrClN2O. The Morgan fingerprint density at radius 1 is 1.40 bits per heavy atom. The Balaban J connectivity index is 2.23. The van der Waals surface area contributed by atoms with Gasteiger partial charge in [0.05, 0.1) is 5.69 Å². The van der Waals surface area contributed by atoms with Gasteiger partial charge in [-0.2, -0.15) is 5.10 Å². The summed E-state index contributed by atoms with van der Waals surface area (Å²) in [4.78, 5) is 0. The average Bonchev–Trinajstić information content (AvgIpc) is 2.62. The molecule has 0 radical (unpaired) electrons. The maximum Gasteiger partial charge on any atom is 0.133 e. The first-order valence-corrected chi connectivity index (χ1v) is 7.67. The summed E-state index contributed by atoms with van der Waals surface area (Å²) >= 11 is 9.72. The lowest BCUT2D eigenvalue weighted by molar-refractivity contribution is 0.301. The van der Waals surface area contributed by atoms with Crippen molar-refractivity contribution in [3.05, 3.63) is 44.6 Å². The van der Waals surface area contributed by atoms with Gasteiger partial charge in [0.2, 0.25) is 0 Å². The van der Waals surface area contributed by atoms with E-state index in [2.05, 4.69) is 40.9 Å². The van der Waals surface area contributed by atoms with Gasteiger partial charge in [0.15, 0.2) is 0 Å². The van der Waals surface area contributed by atoms with Crippen molar-refractivity contribution in [2.24, 2.45) is 7.05 Å². The van der Waals surface area contributed by atoms with Crippen LogP contribution in [-0.4, -0.2) is 9.78 Å². The highest BCUT2D eigenvalue weighted by Gasteiger charge is 2.14. The van der Waals surface area contributed by atoms with Crippen LogP contribution in [0, 0.1) is 6.92 Å². The van der Waals surface area contributed by atoms with Crippen LogP contribution in [0.2, 0.25) is 5.15 Å². The van der Waals surface area contributed by atoms with E-state index in [0.717, 1.165) is 21.5 Å². The van der Waals surface area contributed by atoms with Crippen molar-refractivity contribution in [3.63, 3.8) is 0 Å². The minimum Gasteiger partial charge on any atom is -0.488 e. The van der Waals surface area contributed by atoms with Gasteiger partial charge in [-0.1, -0.05) is 41.4 Å². The summed E-state index contributed by atoms with van der Waals surface area (Å²) in [7, 11) is 1.83. The second-order valence-electron chi connectivity index (χ2n) is 5.10. The van der Waals surface area contributed by atoms with Crippen LogP contribution in [0.5, 0.6) is 5.75 Å². The molecule has 0 spiro atoms. The van der Waals surface area contributed by atoms with Gasteiger partial charge in [0, 0.05) is 17.1 Å². The molecule has 0 bridgehead atoms. The van der Waals surface area contributed by atoms with E-state index in [1.165, 1.54) is 5.56 Å². The highest BCUT2D eigenvalue weighted by Crippen LogP contribution is 2.31. The van der Waals surface area contributed by atoms with Crippen LogP contribution in [0.1, 0.15) is 36.6 Å². The zero-order valence-corrected chi connectivity index (χ0v) is 14.4.